The second kappa shape index (κ2) is 6.66. The summed E-state index contributed by atoms with van der Waals surface area (Å²) in [6.45, 7) is 6.68. The molecule has 2 atom stereocenters. The van der Waals surface area contributed by atoms with Crippen molar-refractivity contribution in [1.29, 1.82) is 0 Å². The van der Waals surface area contributed by atoms with Crippen molar-refractivity contribution in [2.75, 3.05) is 13.1 Å². The number of likely N-dealkylation sites (tertiary alicyclic amines) is 1. The van der Waals surface area contributed by atoms with E-state index in [1.807, 2.05) is 12.1 Å². The first-order valence-electron chi connectivity index (χ1n) is 7.58. The Labute approximate surface area is 121 Å². The Morgan fingerprint density at radius 1 is 1.25 bits per heavy atom. The van der Waals surface area contributed by atoms with Crippen LogP contribution < -0.4 is 11.3 Å². The van der Waals surface area contributed by atoms with Crippen LogP contribution in [0.3, 0.4) is 0 Å². The molecule has 1 aliphatic heterocycles. The van der Waals surface area contributed by atoms with Crippen LogP contribution in [0.4, 0.5) is 4.39 Å². The zero-order valence-corrected chi connectivity index (χ0v) is 12.5. The van der Waals surface area contributed by atoms with Crippen LogP contribution in [-0.2, 0) is 0 Å². The molecule has 0 spiro atoms. The van der Waals surface area contributed by atoms with Crippen molar-refractivity contribution in [2.45, 2.75) is 51.1 Å². The highest BCUT2D eigenvalue weighted by Crippen LogP contribution is 2.35. The molecule has 0 radical (unpaired) electrons. The van der Waals surface area contributed by atoms with Gasteiger partial charge in [-0.3, -0.25) is 16.2 Å². The van der Waals surface area contributed by atoms with Crippen molar-refractivity contribution in [3.63, 3.8) is 0 Å². The Balaban J connectivity index is 2.27. The summed E-state index contributed by atoms with van der Waals surface area (Å²) in [5.74, 6) is 5.63. The highest BCUT2D eigenvalue weighted by Gasteiger charge is 2.39. The van der Waals surface area contributed by atoms with Gasteiger partial charge in [-0.2, -0.15) is 0 Å². The third kappa shape index (κ3) is 3.03. The largest absolute Gasteiger partial charge is 0.296 e. The first kappa shape index (κ1) is 15.4. The van der Waals surface area contributed by atoms with Crippen LogP contribution in [0.5, 0.6) is 0 Å². The highest BCUT2D eigenvalue weighted by atomic mass is 19.1. The molecular weight excluding hydrogens is 253 g/mol. The van der Waals surface area contributed by atoms with Crippen molar-refractivity contribution in [2.24, 2.45) is 5.84 Å². The number of hydrogen-bond donors (Lipinski definition) is 2. The van der Waals surface area contributed by atoms with E-state index < -0.39 is 0 Å². The monoisotopic (exact) mass is 279 g/mol. The van der Waals surface area contributed by atoms with Gasteiger partial charge in [0.25, 0.3) is 0 Å². The molecule has 1 saturated heterocycles. The van der Waals surface area contributed by atoms with Crippen LogP contribution in [0.2, 0.25) is 0 Å². The summed E-state index contributed by atoms with van der Waals surface area (Å²) < 4.78 is 13.1. The lowest BCUT2D eigenvalue weighted by molar-refractivity contribution is 0.0424. The van der Waals surface area contributed by atoms with Gasteiger partial charge in [0.2, 0.25) is 0 Å². The first-order valence-corrected chi connectivity index (χ1v) is 7.58. The van der Waals surface area contributed by atoms with E-state index in [0.717, 1.165) is 25.1 Å². The highest BCUT2D eigenvalue weighted by molar-refractivity contribution is 5.23. The van der Waals surface area contributed by atoms with Gasteiger partial charge < -0.3 is 0 Å². The molecule has 112 valence electrons. The third-order valence-electron chi connectivity index (χ3n) is 4.79. The fourth-order valence-corrected chi connectivity index (χ4v) is 3.31. The summed E-state index contributed by atoms with van der Waals surface area (Å²) in [5.41, 5.74) is 3.96. The molecule has 0 amide bonds. The van der Waals surface area contributed by atoms with Gasteiger partial charge in [-0.05, 0) is 57.0 Å². The Hall–Kier alpha value is -0.970. The molecule has 0 aliphatic carbocycles. The molecule has 1 heterocycles. The minimum atomic E-state index is -0.208. The third-order valence-corrected chi connectivity index (χ3v) is 4.79. The number of piperidine rings is 1. The number of rotatable bonds is 5. The van der Waals surface area contributed by atoms with Crippen molar-refractivity contribution in [1.82, 2.24) is 10.3 Å². The SMILES string of the molecule is CCC(C)(C(NN)c1ccc(F)cc1)N1CCCCC1. The number of nitrogens with one attached hydrogen (secondary N) is 1. The number of halogens is 1. The molecule has 0 aromatic heterocycles. The molecule has 2 unspecified atom stereocenters. The summed E-state index contributed by atoms with van der Waals surface area (Å²) in [4.78, 5) is 2.53. The maximum Gasteiger partial charge on any atom is 0.123 e. The predicted octanol–water partition coefficient (Wildman–Crippen LogP) is 2.98. The van der Waals surface area contributed by atoms with Crippen LogP contribution >= 0.6 is 0 Å². The van der Waals surface area contributed by atoms with E-state index in [2.05, 4.69) is 24.2 Å². The van der Waals surface area contributed by atoms with E-state index in [-0.39, 0.29) is 17.4 Å². The normalized spacial score (nSPS) is 21.4. The molecule has 3 nitrogen and oxygen atoms in total. The molecule has 1 aliphatic rings. The van der Waals surface area contributed by atoms with Gasteiger partial charge in [0.05, 0.1) is 6.04 Å². The molecule has 2 rings (SSSR count). The van der Waals surface area contributed by atoms with Crippen LogP contribution in [0.25, 0.3) is 0 Å². The van der Waals surface area contributed by atoms with Crippen molar-refractivity contribution in [3.05, 3.63) is 35.6 Å². The molecule has 3 N–H and O–H groups in total. The van der Waals surface area contributed by atoms with E-state index in [9.17, 15) is 4.39 Å². The van der Waals surface area contributed by atoms with Crippen molar-refractivity contribution >= 4 is 0 Å². The summed E-state index contributed by atoms with van der Waals surface area (Å²) in [6, 6.07) is 6.68. The molecule has 0 bridgehead atoms. The number of hydrogen-bond acceptors (Lipinski definition) is 3. The lowest BCUT2D eigenvalue weighted by atomic mass is 9.82. The molecule has 4 heteroatoms. The van der Waals surface area contributed by atoms with Crippen LogP contribution in [0, 0.1) is 5.82 Å². The van der Waals surface area contributed by atoms with Gasteiger partial charge in [0, 0.05) is 5.54 Å². The number of nitrogens with zero attached hydrogens (tertiary/aromatic N) is 1. The molecule has 1 aromatic carbocycles. The van der Waals surface area contributed by atoms with Gasteiger partial charge in [0.15, 0.2) is 0 Å². The van der Waals surface area contributed by atoms with Gasteiger partial charge >= 0.3 is 0 Å². The fourth-order valence-electron chi connectivity index (χ4n) is 3.31. The fraction of sp³-hybridized carbons (Fsp3) is 0.625. The second-order valence-corrected chi connectivity index (χ2v) is 5.91. The van der Waals surface area contributed by atoms with Crippen molar-refractivity contribution in [3.8, 4) is 0 Å². The summed E-state index contributed by atoms with van der Waals surface area (Å²) in [6.07, 6.45) is 4.80. The molecule has 1 aromatic rings. The van der Waals surface area contributed by atoms with E-state index in [4.69, 9.17) is 5.84 Å². The number of nitrogens with two attached hydrogens (primary N) is 1. The van der Waals surface area contributed by atoms with Crippen LogP contribution in [-0.4, -0.2) is 23.5 Å². The molecule has 0 saturated carbocycles. The molecule has 1 fully saturated rings. The Bertz CT molecular complexity index is 414. The number of hydrazine groups is 1. The summed E-state index contributed by atoms with van der Waals surface area (Å²) in [5, 5.41) is 0. The van der Waals surface area contributed by atoms with Gasteiger partial charge in [-0.1, -0.05) is 25.5 Å². The molecule has 20 heavy (non-hydrogen) atoms. The number of benzene rings is 1. The second-order valence-electron chi connectivity index (χ2n) is 5.91. The maximum atomic E-state index is 13.1. The summed E-state index contributed by atoms with van der Waals surface area (Å²) >= 11 is 0. The van der Waals surface area contributed by atoms with E-state index >= 15 is 0 Å². The van der Waals surface area contributed by atoms with Crippen molar-refractivity contribution < 1.29 is 4.39 Å². The Kier molecular flexibility index (Phi) is 5.13. The molecular formula is C16H26FN3. The van der Waals surface area contributed by atoms with Crippen LogP contribution in [0.15, 0.2) is 24.3 Å². The Morgan fingerprint density at radius 3 is 2.35 bits per heavy atom. The van der Waals surface area contributed by atoms with Gasteiger partial charge in [-0.15, -0.1) is 0 Å². The zero-order chi connectivity index (χ0) is 14.6. The standard InChI is InChI=1S/C16H26FN3/c1-3-16(2,20-11-5-4-6-12-20)15(19-18)13-7-9-14(17)10-8-13/h7-10,15,19H,3-6,11-12,18H2,1-2H3. The average molecular weight is 279 g/mol. The smallest absolute Gasteiger partial charge is 0.123 e. The van der Waals surface area contributed by atoms with E-state index in [1.54, 1.807) is 0 Å². The quantitative estimate of drug-likeness (QED) is 0.643. The minimum absolute atomic E-state index is 0.00574. The lowest BCUT2D eigenvalue weighted by Gasteiger charge is -2.48. The lowest BCUT2D eigenvalue weighted by Crippen LogP contribution is -2.57. The van der Waals surface area contributed by atoms with E-state index in [0.29, 0.717) is 0 Å². The minimum Gasteiger partial charge on any atom is -0.296 e. The van der Waals surface area contributed by atoms with Gasteiger partial charge in [0.1, 0.15) is 5.82 Å². The first-order chi connectivity index (χ1) is 9.61. The average Bonchev–Trinajstić information content (AvgIpc) is 2.50. The Morgan fingerprint density at radius 2 is 1.85 bits per heavy atom. The topological polar surface area (TPSA) is 41.3 Å². The summed E-state index contributed by atoms with van der Waals surface area (Å²) in [7, 11) is 0. The predicted molar refractivity (Wildman–Crippen MR) is 80.6 cm³/mol. The van der Waals surface area contributed by atoms with E-state index in [1.165, 1.54) is 31.4 Å². The van der Waals surface area contributed by atoms with Gasteiger partial charge in [-0.25, -0.2) is 4.39 Å². The zero-order valence-electron chi connectivity index (χ0n) is 12.5. The maximum absolute atomic E-state index is 13.1. The van der Waals surface area contributed by atoms with Crippen LogP contribution in [0.1, 0.15) is 51.1 Å².